The van der Waals surface area contributed by atoms with Crippen molar-refractivity contribution in [3.63, 3.8) is 0 Å². The van der Waals surface area contributed by atoms with Crippen LogP contribution in [-0.4, -0.2) is 18.1 Å². The van der Waals surface area contributed by atoms with Crippen molar-refractivity contribution >= 4 is 17.3 Å². The molecule has 2 heterocycles. The lowest BCUT2D eigenvalue weighted by molar-refractivity contribution is 0.395. The quantitative estimate of drug-likeness (QED) is 0.717. The van der Waals surface area contributed by atoms with Crippen LogP contribution in [0.5, 0.6) is 0 Å². The topological polar surface area (TPSA) is 16.1 Å². The van der Waals surface area contributed by atoms with Gasteiger partial charge in [-0.25, -0.2) is 4.98 Å². The van der Waals surface area contributed by atoms with Gasteiger partial charge in [0.1, 0.15) is 5.15 Å². The Morgan fingerprint density at radius 2 is 2.20 bits per heavy atom. The van der Waals surface area contributed by atoms with Gasteiger partial charge in [-0.15, -0.1) is 0 Å². The minimum atomic E-state index is 0.588. The van der Waals surface area contributed by atoms with Crippen LogP contribution in [-0.2, 0) is 0 Å². The van der Waals surface area contributed by atoms with E-state index in [1.54, 1.807) is 6.20 Å². The maximum atomic E-state index is 5.88. The van der Waals surface area contributed by atoms with Gasteiger partial charge in [-0.1, -0.05) is 24.9 Å². The van der Waals surface area contributed by atoms with Crippen LogP contribution in [0.15, 0.2) is 18.3 Å². The van der Waals surface area contributed by atoms with E-state index in [0.717, 1.165) is 19.0 Å². The van der Waals surface area contributed by atoms with E-state index in [9.17, 15) is 0 Å². The molecule has 82 valence electrons. The monoisotopic (exact) mass is 224 g/mol. The number of piperidine rings is 1. The highest BCUT2D eigenvalue weighted by molar-refractivity contribution is 6.29. The SMILES string of the molecule is CCC1CCN(c2ccnc(Cl)c2)CC1. The van der Waals surface area contributed by atoms with Gasteiger partial charge in [0.15, 0.2) is 0 Å². The van der Waals surface area contributed by atoms with Crippen LogP contribution in [0.25, 0.3) is 0 Å². The lowest BCUT2D eigenvalue weighted by atomic mass is 9.94. The Bertz CT molecular complexity index is 319. The molecule has 2 rings (SSSR count). The Labute approximate surface area is 96.3 Å². The first-order valence-electron chi connectivity index (χ1n) is 5.66. The lowest BCUT2D eigenvalue weighted by Crippen LogP contribution is -2.33. The predicted octanol–water partition coefficient (Wildman–Crippen LogP) is 3.36. The molecular formula is C12H17ClN2. The molecule has 1 aromatic rings. The molecule has 1 fully saturated rings. The van der Waals surface area contributed by atoms with Crippen molar-refractivity contribution in [3.05, 3.63) is 23.5 Å². The molecule has 3 heteroatoms. The number of hydrogen-bond acceptors (Lipinski definition) is 2. The Kier molecular flexibility index (Phi) is 3.47. The summed E-state index contributed by atoms with van der Waals surface area (Å²) >= 11 is 5.88. The highest BCUT2D eigenvalue weighted by Gasteiger charge is 2.17. The second-order valence-corrected chi connectivity index (χ2v) is 4.56. The smallest absolute Gasteiger partial charge is 0.131 e. The molecule has 15 heavy (non-hydrogen) atoms. The molecule has 0 N–H and O–H groups in total. The fourth-order valence-corrected chi connectivity index (χ4v) is 2.36. The van der Waals surface area contributed by atoms with Gasteiger partial charge in [0, 0.05) is 25.0 Å². The van der Waals surface area contributed by atoms with E-state index in [4.69, 9.17) is 11.6 Å². The molecule has 0 unspecified atom stereocenters. The van der Waals surface area contributed by atoms with E-state index in [1.807, 2.05) is 12.1 Å². The summed E-state index contributed by atoms with van der Waals surface area (Å²) in [5.74, 6) is 0.915. The zero-order valence-electron chi connectivity index (χ0n) is 9.12. The van der Waals surface area contributed by atoms with E-state index >= 15 is 0 Å². The molecule has 0 radical (unpaired) electrons. The summed E-state index contributed by atoms with van der Waals surface area (Å²) in [5, 5.41) is 0.588. The molecule has 1 aliphatic heterocycles. The summed E-state index contributed by atoms with van der Waals surface area (Å²) < 4.78 is 0. The summed E-state index contributed by atoms with van der Waals surface area (Å²) in [6, 6.07) is 3.99. The van der Waals surface area contributed by atoms with Crippen LogP contribution in [0.3, 0.4) is 0 Å². The lowest BCUT2D eigenvalue weighted by Gasteiger charge is -2.33. The number of aromatic nitrogens is 1. The van der Waals surface area contributed by atoms with Crippen LogP contribution in [0.2, 0.25) is 5.15 Å². The third kappa shape index (κ3) is 2.63. The maximum Gasteiger partial charge on any atom is 0.131 e. The Morgan fingerprint density at radius 1 is 1.47 bits per heavy atom. The minimum Gasteiger partial charge on any atom is -0.371 e. The van der Waals surface area contributed by atoms with Crippen molar-refractivity contribution < 1.29 is 0 Å². The molecule has 0 amide bonds. The second kappa shape index (κ2) is 4.84. The minimum absolute atomic E-state index is 0.588. The van der Waals surface area contributed by atoms with Gasteiger partial charge in [-0.2, -0.15) is 0 Å². The molecular weight excluding hydrogens is 208 g/mol. The molecule has 1 saturated heterocycles. The van der Waals surface area contributed by atoms with E-state index in [1.165, 1.54) is 24.9 Å². The zero-order valence-corrected chi connectivity index (χ0v) is 9.87. The molecule has 0 aliphatic carbocycles. The number of nitrogens with zero attached hydrogens (tertiary/aromatic N) is 2. The first kappa shape index (κ1) is 10.7. The third-order valence-electron chi connectivity index (χ3n) is 3.27. The Balaban J connectivity index is 2.01. The normalized spacial score (nSPS) is 18.1. The molecule has 0 atom stereocenters. The van der Waals surface area contributed by atoms with Gasteiger partial charge < -0.3 is 4.90 Å². The van der Waals surface area contributed by atoms with Crippen molar-refractivity contribution in [2.45, 2.75) is 26.2 Å². The number of rotatable bonds is 2. The van der Waals surface area contributed by atoms with Crippen LogP contribution in [0, 0.1) is 5.92 Å². The van der Waals surface area contributed by atoms with E-state index in [-0.39, 0.29) is 0 Å². The molecule has 1 aromatic heterocycles. The van der Waals surface area contributed by atoms with Gasteiger partial charge in [-0.05, 0) is 30.9 Å². The largest absolute Gasteiger partial charge is 0.371 e. The highest BCUT2D eigenvalue weighted by atomic mass is 35.5. The number of hydrogen-bond donors (Lipinski definition) is 0. The van der Waals surface area contributed by atoms with Crippen molar-refractivity contribution in [1.29, 1.82) is 0 Å². The van der Waals surface area contributed by atoms with Gasteiger partial charge in [0.25, 0.3) is 0 Å². The summed E-state index contributed by atoms with van der Waals surface area (Å²) in [7, 11) is 0. The van der Waals surface area contributed by atoms with Crippen molar-refractivity contribution in [2.24, 2.45) is 5.92 Å². The number of anilines is 1. The second-order valence-electron chi connectivity index (χ2n) is 4.18. The first-order valence-corrected chi connectivity index (χ1v) is 6.04. The molecule has 0 bridgehead atoms. The number of pyridine rings is 1. The fraction of sp³-hybridized carbons (Fsp3) is 0.583. The van der Waals surface area contributed by atoms with Gasteiger partial charge in [0.05, 0.1) is 0 Å². The van der Waals surface area contributed by atoms with E-state index in [0.29, 0.717) is 5.15 Å². The first-order chi connectivity index (χ1) is 7.29. The summed E-state index contributed by atoms with van der Waals surface area (Å²) in [6.45, 7) is 4.58. The Morgan fingerprint density at radius 3 is 2.80 bits per heavy atom. The maximum absolute atomic E-state index is 5.88. The van der Waals surface area contributed by atoms with Gasteiger partial charge >= 0.3 is 0 Å². The van der Waals surface area contributed by atoms with Crippen molar-refractivity contribution in [2.75, 3.05) is 18.0 Å². The predicted molar refractivity (Wildman–Crippen MR) is 64.5 cm³/mol. The van der Waals surface area contributed by atoms with Crippen LogP contribution < -0.4 is 4.90 Å². The van der Waals surface area contributed by atoms with Crippen molar-refractivity contribution in [3.8, 4) is 0 Å². The van der Waals surface area contributed by atoms with E-state index in [2.05, 4.69) is 16.8 Å². The highest BCUT2D eigenvalue weighted by Crippen LogP contribution is 2.25. The molecule has 0 aromatic carbocycles. The molecule has 1 aliphatic rings. The van der Waals surface area contributed by atoms with Gasteiger partial charge in [0.2, 0.25) is 0 Å². The fourth-order valence-electron chi connectivity index (χ4n) is 2.19. The number of halogens is 1. The summed E-state index contributed by atoms with van der Waals surface area (Å²) in [6.07, 6.45) is 5.70. The van der Waals surface area contributed by atoms with Crippen molar-refractivity contribution in [1.82, 2.24) is 4.98 Å². The standard InChI is InChI=1S/C12H17ClN2/c1-2-10-4-7-15(8-5-10)11-3-6-14-12(13)9-11/h3,6,9-10H,2,4-5,7-8H2,1H3. The van der Waals surface area contributed by atoms with Crippen LogP contribution in [0.4, 0.5) is 5.69 Å². The van der Waals surface area contributed by atoms with Crippen LogP contribution >= 0.6 is 11.6 Å². The van der Waals surface area contributed by atoms with Crippen LogP contribution in [0.1, 0.15) is 26.2 Å². The molecule has 0 spiro atoms. The average molecular weight is 225 g/mol. The molecule has 0 saturated carbocycles. The Hall–Kier alpha value is -0.760. The summed E-state index contributed by atoms with van der Waals surface area (Å²) in [5.41, 5.74) is 1.21. The zero-order chi connectivity index (χ0) is 10.7. The summed E-state index contributed by atoms with van der Waals surface area (Å²) in [4.78, 5) is 6.41. The average Bonchev–Trinajstić information content (AvgIpc) is 2.29. The van der Waals surface area contributed by atoms with E-state index < -0.39 is 0 Å². The third-order valence-corrected chi connectivity index (χ3v) is 3.47. The van der Waals surface area contributed by atoms with Gasteiger partial charge in [-0.3, -0.25) is 0 Å². The molecule has 2 nitrogen and oxygen atoms in total.